The molecular weight excluding hydrogens is 829 g/mol. The van der Waals surface area contributed by atoms with Gasteiger partial charge in [0.25, 0.3) is 0 Å². The molecule has 0 bridgehead atoms. The van der Waals surface area contributed by atoms with E-state index in [4.69, 9.17) is 45.6 Å². The Morgan fingerprint density at radius 2 is 1.22 bits per heavy atom. The lowest BCUT2D eigenvalue weighted by molar-refractivity contribution is 0.0358. The number of amides is 2. The first-order chi connectivity index (χ1) is 31.6. The van der Waals surface area contributed by atoms with Gasteiger partial charge in [0.2, 0.25) is 11.8 Å². The summed E-state index contributed by atoms with van der Waals surface area (Å²) in [5.74, 6) is 1.01. The molecule has 2 aromatic carbocycles. The Morgan fingerprint density at radius 1 is 0.708 bits per heavy atom. The second-order valence-electron chi connectivity index (χ2n) is 16.2. The summed E-state index contributed by atoms with van der Waals surface area (Å²) in [4.78, 5) is 47.4. The van der Waals surface area contributed by atoms with E-state index in [1.807, 2.05) is 55.4 Å². The summed E-state index contributed by atoms with van der Waals surface area (Å²) in [6.07, 6.45) is 4.39. The summed E-state index contributed by atoms with van der Waals surface area (Å²) in [7, 11) is 1.58. The molecule has 7 heterocycles. The topological polar surface area (TPSA) is 226 Å². The Labute approximate surface area is 374 Å². The zero-order valence-electron chi connectivity index (χ0n) is 37.4. The van der Waals surface area contributed by atoms with Crippen molar-refractivity contribution in [1.29, 1.82) is 0 Å². The number of nitrogens with zero attached hydrogens (tertiary/aromatic N) is 11. The molecule has 2 amide bonds. The van der Waals surface area contributed by atoms with E-state index in [9.17, 15) is 9.59 Å². The van der Waals surface area contributed by atoms with Crippen molar-refractivity contribution in [2.45, 2.75) is 60.3 Å². The van der Waals surface area contributed by atoms with Crippen LogP contribution in [0.25, 0.3) is 66.9 Å². The van der Waals surface area contributed by atoms with E-state index in [0.29, 0.717) is 91.4 Å². The van der Waals surface area contributed by atoms with Crippen molar-refractivity contribution in [3.8, 4) is 34.5 Å². The van der Waals surface area contributed by atoms with E-state index >= 15 is 0 Å². The number of hydrogen-bond donors (Lipinski definition) is 3. The molecule has 9 rings (SSSR count). The van der Waals surface area contributed by atoms with Crippen LogP contribution in [-0.2, 0) is 30.9 Å². The van der Waals surface area contributed by atoms with Crippen LogP contribution in [-0.4, -0.2) is 125 Å². The van der Waals surface area contributed by atoms with Crippen LogP contribution in [0.5, 0.6) is 11.5 Å². The predicted octanol–water partition coefficient (Wildman–Crippen LogP) is 4.46. The van der Waals surface area contributed by atoms with Crippen molar-refractivity contribution >= 4 is 55.7 Å². The Bertz CT molecular complexity index is 3090. The molecule has 0 radical (unpaired) electrons. The standard InChI is InChI=1S/C46H54N14O5/c1-6-59-35(19-27(3)54-59)43-50-25-33-31-21-29(41(47)61)23-37(63-5)39(31)57(45(33)52-43)12-9-49-10-13-58-40-32(34-26-51-44(53-46(34)58)36-20-28(4)55-60(36)7-2)22-30(42(48)62)24-38(40)65-16-8-11-56-14-17-64-18-15-56/h19-26,49H,6-18H2,1-5H3,(H2,47,61)(H2,48,62). The van der Waals surface area contributed by atoms with Crippen LogP contribution in [0, 0.1) is 13.8 Å². The third-order valence-electron chi connectivity index (χ3n) is 12.0. The maximum atomic E-state index is 12.7. The van der Waals surface area contributed by atoms with Crippen LogP contribution in [0.3, 0.4) is 0 Å². The average Bonchev–Trinajstić information content (AvgIpc) is 4.07. The monoisotopic (exact) mass is 882 g/mol. The summed E-state index contributed by atoms with van der Waals surface area (Å²) in [6.45, 7) is 15.9. The van der Waals surface area contributed by atoms with Crippen molar-refractivity contribution in [2.75, 3.05) is 59.7 Å². The number of fused-ring (bicyclic) bond motifs is 6. The SMILES string of the molecule is CCn1nc(C)cc1-c1ncc2c3cc(C(N)=O)cc(OC)c3n(CCNCCn3c4nc(-c5cc(C)nn5CC)ncc4c4cc(C(N)=O)cc(OCCCN5CCOCC5)c43)c2n1. The molecule has 1 fully saturated rings. The lowest BCUT2D eigenvalue weighted by atomic mass is 10.1. The van der Waals surface area contributed by atoms with Crippen LogP contribution in [0.4, 0.5) is 0 Å². The number of benzene rings is 2. The Balaban J connectivity index is 1.06. The van der Waals surface area contributed by atoms with Crippen LogP contribution < -0.4 is 26.3 Å². The van der Waals surface area contributed by atoms with E-state index in [0.717, 1.165) is 94.6 Å². The molecule has 19 nitrogen and oxygen atoms in total. The Hall–Kier alpha value is -6.96. The van der Waals surface area contributed by atoms with Gasteiger partial charge in [-0.3, -0.25) is 23.9 Å². The minimum Gasteiger partial charge on any atom is -0.495 e. The van der Waals surface area contributed by atoms with Gasteiger partial charge in [0.15, 0.2) is 11.6 Å². The zero-order valence-corrected chi connectivity index (χ0v) is 37.4. The van der Waals surface area contributed by atoms with Crippen molar-refractivity contribution in [3.63, 3.8) is 0 Å². The van der Waals surface area contributed by atoms with E-state index in [-0.39, 0.29) is 0 Å². The van der Waals surface area contributed by atoms with Gasteiger partial charge in [-0.1, -0.05) is 0 Å². The molecule has 0 atom stereocenters. The van der Waals surface area contributed by atoms with Gasteiger partial charge in [0.05, 0.1) is 49.4 Å². The number of aryl methyl sites for hydroxylation is 4. The first-order valence-electron chi connectivity index (χ1n) is 22.1. The number of carbonyl (C=O) groups excluding carboxylic acids is 2. The summed E-state index contributed by atoms with van der Waals surface area (Å²) in [5.41, 5.74) is 18.7. The predicted molar refractivity (Wildman–Crippen MR) is 247 cm³/mol. The van der Waals surface area contributed by atoms with E-state index in [2.05, 4.69) is 29.5 Å². The molecule has 1 saturated heterocycles. The van der Waals surface area contributed by atoms with E-state index in [1.165, 1.54) is 0 Å². The van der Waals surface area contributed by atoms with Crippen molar-refractivity contribution < 1.29 is 23.8 Å². The fourth-order valence-electron chi connectivity index (χ4n) is 8.90. The highest BCUT2D eigenvalue weighted by atomic mass is 16.5. The number of rotatable bonds is 18. The molecule has 65 heavy (non-hydrogen) atoms. The molecule has 0 unspecified atom stereocenters. The van der Waals surface area contributed by atoms with Gasteiger partial charge < -0.3 is 40.1 Å². The van der Waals surface area contributed by atoms with Crippen LogP contribution in [0.2, 0.25) is 0 Å². The molecule has 19 heteroatoms. The summed E-state index contributed by atoms with van der Waals surface area (Å²) >= 11 is 0. The highest BCUT2D eigenvalue weighted by Gasteiger charge is 2.24. The average molecular weight is 883 g/mol. The molecule has 6 aromatic heterocycles. The molecule has 0 aliphatic carbocycles. The Morgan fingerprint density at radius 3 is 1.71 bits per heavy atom. The number of primary amides is 2. The van der Waals surface area contributed by atoms with Gasteiger partial charge in [-0.15, -0.1) is 0 Å². The molecule has 8 aromatic rings. The number of aromatic nitrogens is 10. The minimum absolute atomic E-state index is 0.325. The fourth-order valence-corrected chi connectivity index (χ4v) is 8.90. The van der Waals surface area contributed by atoms with Gasteiger partial charge in [0, 0.05) is 104 Å². The van der Waals surface area contributed by atoms with Crippen LogP contribution in [0.1, 0.15) is 52.4 Å². The first kappa shape index (κ1) is 43.3. The lowest BCUT2D eigenvalue weighted by Crippen LogP contribution is -2.37. The first-order valence-corrected chi connectivity index (χ1v) is 22.1. The largest absolute Gasteiger partial charge is 0.495 e. The van der Waals surface area contributed by atoms with E-state index in [1.54, 1.807) is 37.6 Å². The Kier molecular flexibility index (Phi) is 12.2. The quantitative estimate of drug-likeness (QED) is 0.101. The third kappa shape index (κ3) is 8.33. The summed E-state index contributed by atoms with van der Waals surface area (Å²) in [5, 5.41) is 16.0. The smallest absolute Gasteiger partial charge is 0.248 e. The second-order valence-corrected chi connectivity index (χ2v) is 16.2. The molecule has 338 valence electrons. The van der Waals surface area contributed by atoms with Crippen LogP contribution >= 0.6 is 0 Å². The number of nitrogens with one attached hydrogen (secondary N) is 1. The van der Waals surface area contributed by atoms with Gasteiger partial charge >= 0.3 is 0 Å². The molecule has 5 N–H and O–H groups in total. The normalized spacial score (nSPS) is 13.5. The number of nitrogens with two attached hydrogens (primary N) is 2. The highest BCUT2D eigenvalue weighted by molar-refractivity contribution is 6.13. The number of ether oxygens (including phenoxy) is 3. The van der Waals surface area contributed by atoms with Gasteiger partial charge in [-0.05, 0) is 70.5 Å². The number of carbonyl (C=O) groups is 2. The zero-order chi connectivity index (χ0) is 45.4. The highest BCUT2D eigenvalue weighted by Crippen LogP contribution is 2.38. The second kappa shape index (κ2) is 18.3. The fraction of sp³-hybridized carbons (Fsp3) is 0.391. The third-order valence-corrected chi connectivity index (χ3v) is 12.0. The number of hydrogen-bond acceptors (Lipinski definition) is 13. The van der Waals surface area contributed by atoms with E-state index < -0.39 is 11.8 Å². The van der Waals surface area contributed by atoms with Gasteiger partial charge in [0.1, 0.15) is 34.2 Å². The minimum atomic E-state index is -0.561. The maximum absolute atomic E-state index is 12.7. The number of morpholine rings is 1. The summed E-state index contributed by atoms with van der Waals surface area (Å²) < 4.78 is 26.0. The molecule has 0 saturated carbocycles. The van der Waals surface area contributed by atoms with Gasteiger partial charge in [-0.25, -0.2) is 19.9 Å². The van der Waals surface area contributed by atoms with Crippen molar-refractivity contribution in [2.24, 2.45) is 11.5 Å². The lowest BCUT2D eigenvalue weighted by Gasteiger charge is -2.26. The van der Waals surface area contributed by atoms with Crippen molar-refractivity contribution in [1.82, 2.24) is 58.8 Å². The molecule has 1 aliphatic rings. The molecule has 0 spiro atoms. The summed E-state index contributed by atoms with van der Waals surface area (Å²) in [6, 6.07) is 10.9. The van der Waals surface area contributed by atoms with Crippen molar-refractivity contribution in [3.05, 3.63) is 71.3 Å². The molecule has 1 aliphatic heterocycles. The number of methoxy groups -OCH3 is 1. The molecular formula is C46H54N14O5. The van der Waals surface area contributed by atoms with Gasteiger partial charge in [-0.2, -0.15) is 10.2 Å². The van der Waals surface area contributed by atoms with Crippen LogP contribution in [0.15, 0.2) is 48.8 Å². The maximum Gasteiger partial charge on any atom is 0.248 e.